The van der Waals surface area contributed by atoms with Gasteiger partial charge in [-0.25, -0.2) is 4.79 Å². The number of urea groups is 1. The Morgan fingerprint density at radius 2 is 1.85 bits per heavy atom. The molecule has 3 amide bonds. The van der Waals surface area contributed by atoms with Crippen molar-refractivity contribution in [3.05, 3.63) is 29.8 Å². The Kier molecular flexibility index (Phi) is 4.38. The Morgan fingerprint density at radius 3 is 2.40 bits per heavy atom. The van der Waals surface area contributed by atoms with E-state index in [1.54, 1.807) is 25.6 Å². The van der Waals surface area contributed by atoms with Gasteiger partial charge in [0.25, 0.3) is 5.91 Å². The Morgan fingerprint density at radius 1 is 1.20 bits per heavy atom. The zero-order chi connectivity index (χ0) is 14.8. The largest absolute Gasteiger partial charge is 0.325 e. The molecule has 0 atom stereocenters. The van der Waals surface area contributed by atoms with Crippen LogP contribution in [-0.2, 0) is 4.79 Å². The Bertz CT molecular complexity index is 511. The number of benzene rings is 1. The van der Waals surface area contributed by atoms with Crippen LogP contribution >= 0.6 is 11.8 Å². The standard InChI is InChI=1S/C15H20N2O2S/c1-11-5-7-12(8-6-11)20-10-4-9-17-13(18)15(2,3)16-14(17)19/h5-8H,4,9-10H2,1-3H3,(H,16,19). The second kappa shape index (κ2) is 5.87. The minimum atomic E-state index is -0.763. The van der Waals surface area contributed by atoms with E-state index in [9.17, 15) is 9.59 Å². The Balaban J connectivity index is 1.78. The Hall–Kier alpha value is -1.49. The smallest absolute Gasteiger partial charge is 0.324 e. The molecule has 0 aliphatic carbocycles. The normalized spacial score (nSPS) is 17.4. The molecular weight excluding hydrogens is 272 g/mol. The molecule has 20 heavy (non-hydrogen) atoms. The fraction of sp³-hybridized carbons (Fsp3) is 0.467. The van der Waals surface area contributed by atoms with Crippen molar-refractivity contribution in [1.82, 2.24) is 10.2 Å². The van der Waals surface area contributed by atoms with Crippen LogP contribution in [0.1, 0.15) is 25.8 Å². The summed E-state index contributed by atoms with van der Waals surface area (Å²) < 4.78 is 0. The van der Waals surface area contributed by atoms with Crippen molar-refractivity contribution in [2.45, 2.75) is 37.6 Å². The van der Waals surface area contributed by atoms with E-state index in [1.807, 2.05) is 0 Å². The molecule has 1 aliphatic heterocycles. The zero-order valence-electron chi connectivity index (χ0n) is 12.1. The fourth-order valence-corrected chi connectivity index (χ4v) is 2.91. The highest BCUT2D eigenvalue weighted by molar-refractivity contribution is 7.99. The van der Waals surface area contributed by atoms with Crippen LogP contribution in [0, 0.1) is 6.92 Å². The van der Waals surface area contributed by atoms with Gasteiger partial charge in [0.05, 0.1) is 0 Å². The van der Waals surface area contributed by atoms with Gasteiger partial charge in [-0.3, -0.25) is 9.69 Å². The number of hydrogen-bond donors (Lipinski definition) is 1. The average Bonchev–Trinajstić information content (AvgIpc) is 2.58. The quantitative estimate of drug-likeness (QED) is 0.516. The molecule has 1 N–H and O–H groups in total. The van der Waals surface area contributed by atoms with Crippen LogP contribution in [0.15, 0.2) is 29.2 Å². The molecule has 4 nitrogen and oxygen atoms in total. The van der Waals surface area contributed by atoms with Gasteiger partial charge in [-0.1, -0.05) is 17.7 Å². The molecule has 0 spiro atoms. The Labute approximate surface area is 123 Å². The van der Waals surface area contributed by atoms with E-state index in [1.165, 1.54) is 15.4 Å². The summed E-state index contributed by atoms with van der Waals surface area (Å²) in [6.07, 6.45) is 0.799. The third-order valence-electron chi connectivity index (χ3n) is 3.26. The van der Waals surface area contributed by atoms with E-state index in [0.717, 1.165) is 12.2 Å². The van der Waals surface area contributed by atoms with Gasteiger partial charge in [-0.15, -0.1) is 11.8 Å². The van der Waals surface area contributed by atoms with E-state index in [2.05, 4.69) is 36.5 Å². The number of rotatable bonds is 5. The van der Waals surface area contributed by atoms with Gasteiger partial charge in [0.1, 0.15) is 5.54 Å². The summed E-state index contributed by atoms with van der Waals surface area (Å²) in [4.78, 5) is 26.2. The number of carbonyl (C=O) groups is 2. The highest BCUT2D eigenvalue weighted by atomic mass is 32.2. The highest BCUT2D eigenvalue weighted by Gasteiger charge is 2.43. The van der Waals surface area contributed by atoms with Gasteiger partial charge in [0, 0.05) is 11.4 Å². The lowest BCUT2D eigenvalue weighted by Gasteiger charge is -2.15. The van der Waals surface area contributed by atoms with Crippen LogP contribution in [-0.4, -0.2) is 34.7 Å². The monoisotopic (exact) mass is 292 g/mol. The number of carbonyl (C=O) groups excluding carboxylic acids is 2. The number of nitrogens with zero attached hydrogens (tertiary/aromatic N) is 1. The van der Waals surface area contributed by atoms with E-state index >= 15 is 0 Å². The molecule has 5 heteroatoms. The average molecular weight is 292 g/mol. The topological polar surface area (TPSA) is 49.4 Å². The van der Waals surface area contributed by atoms with Crippen molar-refractivity contribution in [1.29, 1.82) is 0 Å². The maximum Gasteiger partial charge on any atom is 0.325 e. The molecule has 1 heterocycles. The van der Waals surface area contributed by atoms with E-state index in [-0.39, 0.29) is 11.9 Å². The van der Waals surface area contributed by atoms with Crippen molar-refractivity contribution >= 4 is 23.7 Å². The van der Waals surface area contributed by atoms with Gasteiger partial charge in [-0.05, 0) is 45.1 Å². The molecule has 108 valence electrons. The molecule has 1 fully saturated rings. The van der Waals surface area contributed by atoms with Gasteiger partial charge in [0.15, 0.2) is 0 Å². The van der Waals surface area contributed by atoms with Crippen molar-refractivity contribution < 1.29 is 9.59 Å². The number of amides is 3. The molecular formula is C15H20N2O2S. The first kappa shape index (κ1) is 14.9. The van der Waals surface area contributed by atoms with Gasteiger partial charge in [-0.2, -0.15) is 0 Å². The first-order valence-electron chi connectivity index (χ1n) is 6.74. The number of imide groups is 1. The zero-order valence-corrected chi connectivity index (χ0v) is 12.9. The summed E-state index contributed by atoms with van der Waals surface area (Å²) >= 11 is 1.75. The number of thioether (sulfide) groups is 1. The van der Waals surface area contributed by atoms with Crippen LogP contribution in [0.2, 0.25) is 0 Å². The lowest BCUT2D eigenvalue weighted by molar-refractivity contribution is -0.130. The van der Waals surface area contributed by atoms with Crippen molar-refractivity contribution in [2.75, 3.05) is 12.3 Å². The van der Waals surface area contributed by atoms with Gasteiger partial charge < -0.3 is 5.32 Å². The lowest BCUT2D eigenvalue weighted by Crippen LogP contribution is -2.40. The molecule has 0 aromatic heterocycles. The molecule has 1 aromatic carbocycles. The molecule has 0 unspecified atom stereocenters. The number of hydrogen-bond acceptors (Lipinski definition) is 3. The molecule has 1 aliphatic rings. The third-order valence-corrected chi connectivity index (χ3v) is 4.36. The van der Waals surface area contributed by atoms with Crippen LogP contribution in [0.25, 0.3) is 0 Å². The molecule has 0 radical (unpaired) electrons. The first-order valence-corrected chi connectivity index (χ1v) is 7.72. The number of nitrogens with one attached hydrogen (secondary N) is 1. The van der Waals surface area contributed by atoms with Crippen molar-refractivity contribution in [3.63, 3.8) is 0 Å². The van der Waals surface area contributed by atoms with Gasteiger partial charge in [0.2, 0.25) is 0 Å². The second-order valence-corrected chi connectivity index (χ2v) is 6.70. The van der Waals surface area contributed by atoms with Crippen LogP contribution in [0.5, 0.6) is 0 Å². The van der Waals surface area contributed by atoms with Crippen molar-refractivity contribution in [3.8, 4) is 0 Å². The predicted molar refractivity (Wildman–Crippen MR) is 80.8 cm³/mol. The molecule has 0 bridgehead atoms. The third kappa shape index (κ3) is 3.33. The molecule has 1 saturated heterocycles. The first-order chi connectivity index (χ1) is 9.40. The van der Waals surface area contributed by atoms with E-state index < -0.39 is 5.54 Å². The SMILES string of the molecule is Cc1ccc(SCCCN2C(=O)NC(C)(C)C2=O)cc1. The minimum absolute atomic E-state index is 0.136. The summed E-state index contributed by atoms with van der Waals surface area (Å²) in [7, 11) is 0. The predicted octanol–water partition coefficient (Wildman–Crippen LogP) is 2.81. The summed E-state index contributed by atoms with van der Waals surface area (Å²) in [6.45, 7) is 6.00. The summed E-state index contributed by atoms with van der Waals surface area (Å²) in [6, 6.07) is 8.08. The van der Waals surface area contributed by atoms with Crippen LogP contribution in [0.4, 0.5) is 4.79 Å². The minimum Gasteiger partial charge on any atom is -0.324 e. The fourth-order valence-electron chi connectivity index (χ4n) is 2.07. The number of aryl methyl sites for hydroxylation is 1. The molecule has 1 aromatic rings. The van der Waals surface area contributed by atoms with E-state index in [0.29, 0.717) is 6.54 Å². The maximum atomic E-state index is 12.0. The summed E-state index contributed by atoms with van der Waals surface area (Å²) in [5.41, 5.74) is 0.484. The molecule has 2 rings (SSSR count). The maximum absolute atomic E-state index is 12.0. The van der Waals surface area contributed by atoms with Crippen LogP contribution in [0.3, 0.4) is 0 Å². The summed E-state index contributed by atoms with van der Waals surface area (Å²) in [5, 5.41) is 2.69. The van der Waals surface area contributed by atoms with E-state index in [4.69, 9.17) is 0 Å². The summed E-state index contributed by atoms with van der Waals surface area (Å²) in [5.74, 6) is 0.753. The highest BCUT2D eigenvalue weighted by Crippen LogP contribution is 2.21. The van der Waals surface area contributed by atoms with Crippen LogP contribution < -0.4 is 5.32 Å². The lowest BCUT2D eigenvalue weighted by atomic mass is 10.1. The van der Waals surface area contributed by atoms with Crippen molar-refractivity contribution in [2.24, 2.45) is 0 Å². The second-order valence-electron chi connectivity index (χ2n) is 5.53. The van der Waals surface area contributed by atoms with Gasteiger partial charge >= 0.3 is 6.03 Å². The molecule has 0 saturated carbocycles.